The van der Waals surface area contributed by atoms with Crippen molar-refractivity contribution in [2.45, 2.75) is 19.9 Å². The van der Waals surface area contributed by atoms with Gasteiger partial charge < -0.3 is 9.84 Å². The summed E-state index contributed by atoms with van der Waals surface area (Å²) >= 11 is 1.35. The third-order valence-corrected chi connectivity index (χ3v) is 6.96. The van der Waals surface area contributed by atoms with Crippen LogP contribution in [-0.4, -0.2) is 28.9 Å². The van der Waals surface area contributed by atoms with Gasteiger partial charge in [0, 0.05) is 5.56 Å². The Bertz CT molecular complexity index is 1450. The largest absolute Gasteiger partial charge is 0.507 e. The van der Waals surface area contributed by atoms with Gasteiger partial charge >= 0.3 is 5.91 Å². The maximum absolute atomic E-state index is 13.3. The smallest absolute Gasteiger partial charge is 0.301 e. The van der Waals surface area contributed by atoms with E-state index in [1.54, 1.807) is 31.4 Å². The van der Waals surface area contributed by atoms with Crippen LogP contribution in [-0.2, 0) is 9.59 Å². The van der Waals surface area contributed by atoms with E-state index in [2.05, 4.69) is 4.98 Å². The summed E-state index contributed by atoms with van der Waals surface area (Å²) in [6.45, 7) is 3.96. The van der Waals surface area contributed by atoms with Gasteiger partial charge in [-0.25, -0.2) is 4.98 Å². The lowest BCUT2D eigenvalue weighted by Crippen LogP contribution is -2.29. The van der Waals surface area contributed by atoms with Crippen molar-refractivity contribution in [3.8, 4) is 5.75 Å². The van der Waals surface area contributed by atoms with Gasteiger partial charge in [-0.2, -0.15) is 0 Å². The number of carbonyl (C=O) groups excluding carboxylic acids is 2. The number of aliphatic hydroxyl groups is 1. The summed E-state index contributed by atoms with van der Waals surface area (Å²) in [5.74, 6) is -1.06. The molecule has 1 N–H and O–H groups in total. The third-order valence-electron chi connectivity index (χ3n) is 5.94. The van der Waals surface area contributed by atoms with Crippen molar-refractivity contribution in [1.82, 2.24) is 4.98 Å². The molecule has 4 aromatic rings. The molecule has 5 rings (SSSR count). The summed E-state index contributed by atoms with van der Waals surface area (Å²) in [7, 11) is 1.55. The molecule has 0 bridgehead atoms. The molecule has 3 aromatic carbocycles. The van der Waals surface area contributed by atoms with Crippen LogP contribution in [0.4, 0.5) is 5.13 Å². The monoisotopic (exact) mass is 470 g/mol. The van der Waals surface area contributed by atoms with Crippen molar-refractivity contribution in [2.75, 3.05) is 12.0 Å². The average molecular weight is 471 g/mol. The Morgan fingerprint density at radius 2 is 1.65 bits per heavy atom. The molecule has 1 fully saturated rings. The number of aromatic nitrogens is 1. The fourth-order valence-electron chi connectivity index (χ4n) is 4.12. The number of benzene rings is 3. The number of rotatable bonds is 4. The molecule has 1 unspecified atom stereocenters. The van der Waals surface area contributed by atoms with E-state index >= 15 is 0 Å². The summed E-state index contributed by atoms with van der Waals surface area (Å²) in [5.41, 5.74) is 4.07. The second-order valence-electron chi connectivity index (χ2n) is 8.28. The first kappa shape index (κ1) is 21.9. The highest BCUT2D eigenvalue weighted by molar-refractivity contribution is 7.22. The Morgan fingerprint density at radius 1 is 0.971 bits per heavy atom. The van der Waals surface area contributed by atoms with E-state index in [0.717, 1.165) is 26.9 Å². The average Bonchev–Trinajstić information content (AvgIpc) is 3.37. The zero-order valence-electron chi connectivity index (χ0n) is 18.9. The number of ketones is 1. The second kappa shape index (κ2) is 8.43. The van der Waals surface area contributed by atoms with Gasteiger partial charge in [0.05, 0.1) is 28.9 Å². The Labute approximate surface area is 200 Å². The molecule has 1 amide bonds. The number of Topliss-reactive ketones (excluding diaryl/α,β-unsaturated/α-hetero) is 1. The van der Waals surface area contributed by atoms with Crippen molar-refractivity contribution in [3.05, 3.63) is 94.6 Å². The Balaban J connectivity index is 1.71. The first-order valence-corrected chi connectivity index (χ1v) is 11.6. The number of nitrogens with zero attached hydrogens (tertiary/aromatic N) is 2. The minimum absolute atomic E-state index is 0.0365. The molecule has 1 aliphatic heterocycles. The van der Waals surface area contributed by atoms with Crippen molar-refractivity contribution in [3.63, 3.8) is 0 Å². The van der Waals surface area contributed by atoms with Crippen molar-refractivity contribution in [2.24, 2.45) is 0 Å². The molecule has 1 aromatic heterocycles. The number of carbonyl (C=O) groups is 2. The first-order valence-electron chi connectivity index (χ1n) is 10.8. The van der Waals surface area contributed by atoms with Crippen LogP contribution in [0, 0.1) is 13.8 Å². The topological polar surface area (TPSA) is 79.7 Å². The predicted octanol–water partition coefficient (Wildman–Crippen LogP) is 5.55. The predicted molar refractivity (Wildman–Crippen MR) is 133 cm³/mol. The van der Waals surface area contributed by atoms with Crippen LogP contribution in [0.15, 0.2) is 72.3 Å². The van der Waals surface area contributed by atoms with Crippen molar-refractivity contribution in [1.29, 1.82) is 0 Å². The molecule has 0 aliphatic carbocycles. The van der Waals surface area contributed by atoms with Gasteiger partial charge in [-0.15, -0.1) is 0 Å². The summed E-state index contributed by atoms with van der Waals surface area (Å²) in [4.78, 5) is 32.7. The highest BCUT2D eigenvalue weighted by atomic mass is 32.1. The van der Waals surface area contributed by atoms with Crippen LogP contribution in [0.2, 0.25) is 0 Å². The number of hydrogen-bond acceptors (Lipinski definition) is 6. The van der Waals surface area contributed by atoms with E-state index in [1.807, 2.05) is 56.3 Å². The number of anilines is 1. The van der Waals surface area contributed by atoms with E-state index in [0.29, 0.717) is 16.4 Å². The number of hydrogen-bond donors (Lipinski definition) is 1. The first-order chi connectivity index (χ1) is 16.4. The van der Waals surface area contributed by atoms with Gasteiger partial charge in [-0.3, -0.25) is 14.5 Å². The molecule has 1 saturated heterocycles. The maximum atomic E-state index is 13.3. The summed E-state index contributed by atoms with van der Waals surface area (Å²) < 4.78 is 6.12. The van der Waals surface area contributed by atoms with Crippen molar-refractivity contribution < 1.29 is 19.4 Å². The molecule has 0 spiro atoms. The Kier molecular flexibility index (Phi) is 5.42. The number of methoxy groups -OCH3 is 1. The number of thiazole rings is 1. The fraction of sp³-hybridized carbons (Fsp3) is 0.148. The molecule has 0 radical (unpaired) electrons. The van der Waals surface area contributed by atoms with Crippen LogP contribution in [0.25, 0.3) is 16.0 Å². The number of fused-ring (bicyclic) bond motifs is 1. The molecular weight excluding hydrogens is 448 g/mol. The fourth-order valence-corrected chi connectivity index (χ4v) is 5.21. The van der Waals surface area contributed by atoms with Crippen LogP contribution in [0.1, 0.15) is 28.3 Å². The lowest BCUT2D eigenvalue weighted by molar-refractivity contribution is -0.132. The van der Waals surface area contributed by atoms with Crippen molar-refractivity contribution >= 4 is 44.1 Å². The molecule has 0 saturated carbocycles. The molecule has 6 nitrogen and oxygen atoms in total. The lowest BCUT2D eigenvalue weighted by Gasteiger charge is -2.23. The van der Waals surface area contributed by atoms with Crippen LogP contribution >= 0.6 is 11.3 Å². The molecule has 170 valence electrons. The Morgan fingerprint density at radius 3 is 2.32 bits per heavy atom. The standard InChI is InChI=1S/C27H22N2O4S/c1-15-4-7-17(8-5-15)23-22(24(30)18-9-11-19(33-3)12-10-18)25(31)26(32)29(23)27-28-20-13-6-16(2)14-21(20)34-27/h4-14,23,30H,1-3H3. The summed E-state index contributed by atoms with van der Waals surface area (Å²) in [6.07, 6.45) is 0. The molecule has 2 heterocycles. The molecule has 1 aliphatic rings. The van der Waals surface area contributed by atoms with Gasteiger partial charge in [-0.05, 0) is 61.4 Å². The SMILES string of the molecule is COc1ccc(C(O)=C2C(=O)C(=O)N(c3nc4ccc(C)cc4s3)C2c2ccc(C)cc2)cc1. The summed E-state index contributed by atoms with van der Waals surface area (Å²) in [6, 6.07) is 19.4. The molecule has 1 atom stereocenters. The normalized spacial score (nSPS) is 17.5. The molecular formula is C27H22N2O4S. The molecule has 34 heavy (non-hydrogen) atoms. The molecule has 7 heteroatoms. The number of aliphatic hydroxyl groups excluding tert-OH is 1. The number of amides is 1. The highest BCUT2D eigenvalue weighted by Crippen LogP contribution is 2.44. The second-order valence-corrected chi connectivity index (χ2v) is 9.29. The van der Waals surface area contributed by atoms with E-state index in [4.69, 9.17) is 4.74 Å². The van der Waals surface area contributed by atoms with Gasteiger partial charge in [0.2, 0.25) is 0 Å². The maximum Gasteiger partial charge on any atom is 0.301 e. The zero-order valence-corrected chi connectivity index (χ0v) is 19.7. The minimum Gasteiger partial charge on any atom is -0.507 e. The number of ether oxygens (including phenoxy) is 1. The van der Waals surface area contributed by atoms with Gasteiger partial charge in [0.15, 0.2) is 5.13 Å². The highest BCUT2D eigenvalue weighted by Gasteiger charge is 2.48. The summed E-state index contributed by atoms with van der Waals surface area (Å²) in [5, 5.41) is 11.6. The quantitative estimate of drug-likeness (QED) is 0.240. The third kappa shape index (κ3) is 3.64. The van der Waals surface area contributed by atoms with E-state index in [-0.39, 0.29) is 11.3 Å². The Hall–Kier alpha value is -3.97. The van der Waals surface area contributed by atoms with Gasteiger partial charge in [-0.1, -0.05) is 47.2 Å². The zero-order chi connectivity index (χ0) is 24.0. The van der Waals surface area contributed by atoms with Crippen LogP contribution < -0.4 is 9.64 Å². The number of aryl methyl sites for hydroxylation is 2. The van der Waals surface area contributed by atoms with Crippen LogP contribution in [0.5, 0.6) is 5.75 Å². The minimum atomic E-state index is -0.802. The van der Waals surface area contributed by atoms with E-state index < -0.39 is 17.7 Å². The van der Waals surface area contributed by atoms with E-state index in [1.165, 1.54) is 16.2 Å². The van der Waals surface area contributed by atoms with Gasteiger partial charge in [0.25, 0.3) is 5.78 Å². The van der Waals surface area contributed by atoms with E-state index in [9.17, 15) is 14.7 Å². The van der Waals surface area contributed by atoms with Gasteiger partial charge in [0.1, 0.15) is 11.5 Å². The lowest BCUT2D eigenvalue weighted by atomic mass is 9.95. The van der Waals surface area contributed by atoms with Crippen LogP contribution in [0.3, 0.4) is 0 Å².